The molecule has 2 aliphatic rings. The Balaban J connectivity index is 0.000000470. The van der Waals surface area contributed by atoms with Gasteiger partial charge in [0, 0.05) is 66.6 Å². The molecule has 40 heavy (non-hydrogen) atoms. The van der Waals surface area contributed by atoms with Crippen molar-refractivity contribution in [3.8, 4) is 0 Å². The Morgan fingerprint density at radius 3 is 2.35 bits per heavy atom. The van der Waals surface area contributed by atoms with E-state index in [1.54, 1.807) is 27.9 Å². The van der Waals surface area contributed by atoms with Gasteiger partial charge in [-0.2, -0.15) is 13.2 Å². The third-order valence-corrected chi connectivity index (χ3v) is 6.43. The fraction of sp³-hybridized carbons (Fsp3) is 0.462. The Bertz CT molecular complexity index is 1440. The van der Waals surface area contributed by atoms with Gasteiger partial charge in [-0.05, 0) is 47.1 Å². The predicted octanol–water partition coefficient (Wildman–Crippen LogP) is 4.37. The summed E-state index contributed by atoms with van der Waals surface area (Å²) in [6.45, 7) is 12.9. The summed E-state index contributed by atoms with van der Waals surface area (Å²) in [5, 5.41) is 13.5. The van der Waals surface area contributed by atoms with E-state index in [0.29, 0.717) is 24.4 Å². The largest absolute Gasteiger partial charge is 0.490 e. The first-order valence-electron chi connectivity index (χ1n) is 12.5. The van der Waals surface area contributed by atoms with Crippen molar-refractivity contribution < 1.29 is 32.3 Å². The van der Waals surface area contributed by atoms with Gasteiger partial charge in [0.05, 0.1) is 11.4 Å². The van der Waals surface area contributed by atoms with E-state index in [-0.39, 0.29) is 16.8 Å². The number of urea groups is 1. The van der Waals surface area contributed by atoms with Crippen LogP contribution in [0.3, 0.4) is 0 Å². The average Bonchev–Trinajstić information content (AvgIpc) is 3.39. The van der Waals surface area contributed by atoms with Crippen LogP contribution in [0.1, 0.15) is 39.0 Å². The molecule has 10 nitrogen and oxygen atoms in total. The molecule has 0 spiro atoms. The number of fused-ring (bicyclic) bond motifs is 2. The fourth-order valence-corrected chi connectivity index (χ4v) is 5.35. The van der Waals surface area contributed by atoms with Crippen LogP contribution >= 0.6 is 0 Å². The number of carbonyl (C=O) groups is 2. The number of nitrogens with one attached hydrogen (secondary N) is 2. The molecule has 0 aromatic carbocycles. The smallest absolute Gasteiger partial charge is 0.475 e. The zero-order valence-corrected chi connectivity index (χ0v) is 22.7. The lowest BCUT2D eigenvalue weighted by Gasteiger charge is -2.49. The number of imidazole rings is 1. The highest BCUT2D eigenvalue weighted by atomic mass is 19.4. The Kier molecular flexibility index (Phi) is 7.43. The molecule has 0 saturated carbocycles. The van der Waals surface area contributed by atoms with E-state index in [1.807, 2.05) is 13.0 Å². The number of carboxylic acids is 1. The topological polar surface area (TPSA) is 115 Å². The number of hydrogen-bond acceptors (Lipinski definition) is 6. The first-order valence-corrected chi connectivity index (χ1v) is 12.5. The number of nitrogens with zero attached hydrogens (tertiary/aromatic N) is 5. The number of aliphatic carboxylic acids is 1. The van der Waals surface area contributed by atoms with Crippen molar-refractivity contribution in [1.29, 1.82) is 0 Å². The molecule has 0 atom stereocenters. The summed E-state index contributed by atoms with van der Waals surface area (Å²) < 4.78 is 48.1. The molecule has 5 rings (SSSR count). The maximum Gasteiger partial charge on any atom is 0.490 e. The molecular weight excluding hydrogens is 534 g/mol. The second-order valence-corrected chi connectivity index (χ2v) is 11.2. The molecule has 2 aliphatic heterocycles. The first-order chi connectivity index (χ1) is 18.5. The second kappa shape index (κ2) is 10.2. The number of alkyl halides is 3. The summed E-state index contributed by atoms with van der Waals surface area (Å²) in [5.74, 6) is -2.64. The van der Waals surface area contributed by atoms with Crippen molar-refractivity contribution in [2.75, 3.05) is 34.8 Å². The second-order valence-electron chi connectivity index (χ2n) is 11.2. The third kappa shape index (κ3) is 6.27. The minimum atomic E-state index is -5.08. The number of rotatable bonds is 2. The van der Waals surface area contributed by atoms with Crippen LogP contribution in [0.25, 0.3) is 5.65 Å². The van der Waals surface area contributed by atoms with Crippen LogP contribution < -0.4 is 20.4 Å². The number of aryl methyl sites for hydroxylation is 1. The van der Waals surface area contributed by atoms with Crippen LogP contribution in [-0.2, 0) is 11.2 Å². The van der Waals surface area contributed by atoms with Crippen LogP contribution in [0.2, 0.25) is 0 Å². The molecule has 3 N–H and O–H groups in total. The number of piperazine rings is 1. The van der Waals surface area contributed by atoms with Crippen LogP contribution in [0.4, 0.5) is 39.5 Å². The minimum Gasteiger partial charge on any atom is -0.475 e. The van der Waals surface area contributed by atoms with Gasteiger partial charge in [-0.15, -0.1) is 0 Å². The third-order valence-electron chi connectivity index (χ3n) is 6.43. The summed E-state index contributed by atoms with van der Waals surface area (Å²) in [7, 11) is 0. The van der Waals surface area contributed by atoms with Crippen molar-refractivity contribution in [3.63, 3.8) is 0 Å². The monoisotopic (exact) mass is 565 g/mol. The molecule has 14 heteroatoms. The number of carboxylic acid groups (broad SMARTS) is 1. The highest BCUT2D eigenvalue weighted by molar-refractivity contribution is 6.03. The molecule has 5 heterocycles. The van der Waals surface area contributed by atoms with E-state index in [9.17, 15) is 22.4 Å². The van der Waals surface area contributed by atoms with Crippen molar-refractivity contribution >= 4 is 34.8 Å². The number of pyridine rings is 2. The molecule has 3 aromatic rings. The number of carbonyl (C=O) groups excluding carboxylic acids is 1. The van der Waals surface area contributed by atoms with Gasteiger partial charge in [-0.3, -0.25) is 4.90 Å². The molecule has 0 aliphatic carbocycles. The minimum absolute atomic E-state index is 0.0462. The van der Waals surface area contributed by atoms with Gasteiger partial charge < -0.3 is 25.0 Å². The zero-order chi connectivity index (χ0) is 29.6. The summed E-state index contributed by atoms with van der Waals surface area (Å²) in [6, 6.07) is 2.96. The summed E-state index contributed by atoms with van der Waals surface area (Å²) in [4.78, 5) is 34.8. The molecule has 1 saturated heterocycles. The molecule has 0 bridgehead atoms. The quantitative estimate of drug-likeness (QED) is 0.396. The lowest BCUT2D eigenvalue weighted by atomic mass is 9.90. The van der Waals surface area contributed by atoms with Gasteiger partial charge in [0.2, 0.25) is 0 Å². The Morgan fingerprint density at radius 2 is 1.75 bits per heavy atom. The molecular formula is C26H31F4N7O3. The van der Waals surface area contributed by atoms with E-state index < -0.39 is 24.0 Å². The molecule has 216 valence electrons. The lowest BCUT2D eigenvalue weighted by molar-refractivity contribution is -0.192. The Morgan fingerprint density at radius 1 is 1.12 bits per heavy atom. The normalized spacial score (nSPS) is 17.7. The van der Waals surface area contributed by atoms with Crippen molar-refractivity contribution in [1.82, 2.24) is 19.7 Å². The van der Waals surface area contributed by atoms with Gasteiger partial charge in [-0.1, -0.05) is 0 Å². The molecule has 3 aromatic heterocycles. The lowest BCUT2D eigenvalue weighted by Crippen LogP contribution is -2.67. The zero-order valence-electron chi connectivity index (χ0n) is 22.7. The standard InChI is InChI=1S/C24H30FN7O.C2HF3O2/c1-15-11-30-12-18(17(25)10-20(30)27-15)28-22(33)32-9-7-16-19(6-8-26-21(16)32)31-13-23(2,3)29-24(4,5)14-31;3-2(4,5)1(6)7/h6,8,10-12,29H,7,9,13-14H2,1-5H3,(H,28,33);(H,6,7). The Hall–Kier alpha value is -3.94. The number of halogens is 4. The number of amides is 2. The summed E-state index contributed by atoms with van der Waals surface area (Å²) in [5.41, 5.74) is 3.47. The predicted molar refractivity (Wildman–Crippen MR) is 141 cm³/mol. The van der Waals surface area contributed by atoms with Gasteiger partial charge in [0.25, 0.3) is 0 Å². The van der Waals surface area contributed by atoms with Crippen LogP contribution in [0.5, 0.6) is 0 Å². The molecule has 1 fully saturated rings. The maximum absolute atomic E-state index is 14.6. The van der Waals surface area contributed by atoms with E-state index >= 15 is 0 Å². The van der Waals surface area contributed by atoms with Crippen LogP contribution in [0.15, 0.2) is 30.7 Å². The fourth-order valence-electron chi connectivity index (χ4n) is 5.35. The maximum atomic E-state index is 14.6. The van der Waals surface area contributed by atoms with Gasteiger partial charge >= 0.3 is 18.2 Å². The van der Waals surface area contributed by atoms with E-state index in [2.05, 4.69) is 53.2 Å². The molecule has 2 amide bonds. The van der Waals surface area contributed by atoms with Gasteiger partial charge in [-0.25, -0.2) is 23.9 Å². The number of anilines is 3. The molecule has 0 radical (unpaired) electrons. The highest BCUT2D eigenvalue weighted by Gasteiger charge is 2.39. The molecule has 0 unspecified atom stereocenters. The van der Waals surface area contributed by atoms with Crippen LogP contribution in [-0.4, -0.2) is 68.4 Å². The van der Waals surface area contributed by atoms with E-state index in [4.69, 9.17) is 9.90 Å². The average molecular weight is 566 g/mol. The summed E-state index contributed by atoms with van der Waals surface area (Å²) in [6.07, 6.45) is 0.718. The van der Waals surface area contributed by atoms with Crippen molar-refractivity contribution in [3.05, 3.63) is 47.8 Å². The van der Waals surface area contributed by atoms with Crippen molar-refractivity contribution in [2.24, 2.45) is 0 Å². The number of aromatic nitrogens is 3. The number of hydrogen-bond donors (Lipinski definition) is 3. The SMILES string of the molecule is Cc1cn2cc(NC(=O)N3CCc4c(N5CC(C)(C)NC(C)(C)C5)ccnc43)c(F)cc2n1.O=C(O)C(F)(F)F. The summed E-state index contributed by atoms with van der Waals surface area (Å²) >= 11 is 0. The van der Waals surface area contributed by atoms with Crippen LogP contribution in [0, 0.1) is 12.7 Å². The van der Waals surface area contributed by atoms with Gasteiger partial charge in [0.15, 0.2) is 5.82 Å². The van der Waals surface area contributed by atoms with Crippen molar-refractivity contribution in [2.45, 2.75) is 58.3 Å². The van der Waals surface area contributed by atoms with E-state index in [1.165, 1.54) is 6.07 Å². The van der Waals surface area contributed by atoms with E-state index in [0.717, 1.165) is 30.0 Å². The highest BCUT2D eigenvalue weighted by Crippen LogP contribution is 2.36. The Labute approximate surface area is 228 Å². The first kappa shape index (κ1) is 29.1. The van der Waals surface area contributed by atoms with Gasteiger partial charge in [0.1, 0.15) is 11.5 Å².